The van der Waals surface area contributed by atoms with Crippen LogP contribution in [0.5, 0.6) is 0 Å². The average molecular weight is 488 g/mol. The predicted molar refractivity (Wildman–Crippen MR) is 60.7 cm³/mol. The fourth-order valence-corrected chi connectivity index (χ4v) is 2.18. The van der Waals surface area contributed by atoms with Gasteiger partial charge in [0.25, 0.3) is 12.5 Å². The summed E-state index contributed by atoms with van der Waals surface area (Å²) >= 11 is 0. The van der Waals surface area contributed by atoms with E-state index in [1.165, 1.54) is 0 Å². The van der Waals surface area contributed by atoms with Crippen LogP contribution in [0.1, 0.15) is 12.8 Å². The molecule has 2 nitrogen and oxygen atoms in total. The zero-order valence-electron chi connectivity index (χ0n) is 13.6. The Morgan fingerprint density at radius 1 is 0.667 bits per heavy atom. The van der Waals surface area contributed by atoms with Crippen molar-refractivity contribution in [2.45, 2.75) is 73.8 Å². The summed E-state index contributed by atoms with van der Waals surface area (Å²) in [5.41, 5.74) is 0. The molecule has 0 saturated carbocycles. The van der Waals surface area contributed by atoms with Crippen molar-refractivity contribution >= 4 is 0 Å². The van der Waals surface area contributed by atoms with Crippen LogP contribution in [-0.4, -0.2) is 61.0 Å². The van der Waals surface area contributed by atoms with Gasteiger partial charge >= 0.3 is 36.2 Å². The Morgan fingerprint density at radius 2 is 1.07 bits per heavy atom. The second-order valence-corrected chi connectivity index (χ2v) is 5.97. The molecular formula is C12H8F16O2. The summed E-state index contributed by atoms with van der Waals surface area (Å²) in [6, 6.07) is 0. The molecule has 0 bridgehead atoms. The van der Waals surface area contributed by atoms with E-state index in [-0.39, 0.29) is 0 Å². The van der Waals surface area contributed by atoms with Crippen molar-refractivity contribution in [3.63, 3.8) is 0 Å². The molecule has 0 aromatic rings. The molecule has 0 spiro atoms. The molecule has 1 saturated heterocycles. The minimum Gasteiger partial charge on any atom is -0.362 e. The number of hydrogen-bond acceptors (Lipinski definition) is 2. The zero-order valence-corrected chi connectivity index (χ0v) is 13.6. The summed E-state index contributed by atoms with van der Waals surface area (Å²) < 4.78 is 209. The van der Waals surface area contributed by atoms with Crippen molar-refractivity contribution in [1.82, 2.24) is 0 Å². The molecule has 180 valence electrons. The Labute approximate surface area is 155 Å². The highest BCUT2D eigenvalue weighted by molar-refractivity contribution is 4.97. The van der Waals surface area contributed by atoms with E-state index >= 15 is 0 Å². The Hall–Kier alpha value is -1.20. The molecule has 18 heteroatoms. The van der Waals surface area contributed by atoms with Gasteiger partial charge in [-0.3, -0.25) is 4.74 Å². The summed E-state index contributed by atoms with van der Waals surface area (Å²) in [4.78, 5) is 0. The monoisotopic (exact) mass is 488 g/mol. The van der Waals surface area contributed by atoms with Gasteiger partial charge in [0.05, 0.1) is 0 Å². The van der Waals surface area contributed by atoms with E-state index in [0.29, 0.717) is 0 Å². The molecule has 0 aromatic carbocycles. The first-order valence-electron chi connectivity index (χ1n) is 7.25. The van der Waals surface area contributed by atoms with Crippen LogP contribution in [0.3, 0.4) is 0 Å². The average Bonchev–Trinajstić information content (AvgIpc) is 3.02. The van der Waals surface area contributed by atoms with Gasteiger partial charge in [0.1, 0.15) is 12.2 Å². The zero-order chi connectivity index (χ0) is 24.1. The van der Waals surface area contributed by atoms with E-state index in [1.807, 2.05) is 0 Å². The topological polar surface area (TPSA) is 18.5 Å². The largest absolute Gasteiger partial charge is 0.462 e. The van der Waals surface area contributed by atoms with Crippen molar-refractivity contribution in [3.05, 3.63) is 0 Å². The molecule has 0 aliphatic carbocycles. The Bertz CT molecular complexity index is 596. The lowest BCUT2D eigenvalue weighted by molar-refractivity contribution is -0.453. The molecule has 0 N–H and O–H groups in total. The molecule has 1 fully saturated rings. The SMILES string of the molecule is FC(OC(F)(F)C(F)(F)C(F)(F)F)C(F)(F)C1CCC(C(F)(F)C(F)C(F)(F)F)O1. The third-order valence-electron chi connectivity index (χ3n) is 3.78. The standard InChI is InChI=1S/C12H8F16O2/c13-5(9(19,20)21)7(15,16)3-1-2-4(29-3)8(17,18)6(14)30-12(27,28)10(22,23)11(24,25)26/h3-6H,1-2H2. The Balaban J connectivity index is 2.98. The molecular weight excluding hydrogens is 480 g/mol. The van der Waals surface area contributed by atoms with Crippen molar-refractivity contribution in [3.8, 4) is 0 Å². The molecule has 1 rings (SSSR count). The van der Waals surface area contributed by atoms with Crippen LogP contribution in [0, 0.1) is 0 Å². The van der Waals surface area contributed by atoms with Gasteiger partial charge in [0.2, 0.25) is 0 Å². The Morgan fingerprint density at radius 3 is 1.43 bits per heavy atom. The molecule has 4 unspecified atom stereocenters. The highest BCUT2D eigenvalue weighted by Gasteiger charge is 2.76. The number of ether oxygens (including phenoxy) is 2. The van der Waals surface area contributed by atoms with Gasteiger partial charge in [-0.1, -0.05) is 0 Å². The molecule has 0 aromatic heterocycles. The quantitative estimate of drug-likeness (QED) is 0.422. The minimum absolute atomic E-state index is 1.51. The van der Waals surface area contributed by atoms with Crippen LogP contribution in [-0.2, 0) is 9.47 Å². The van der Waals surface area contributed by atoms with Crippen LogP contribution < -0.4 is 0 Å². The lowest BCUT2D eigenvalue weighted by atomic mass is 10.0. The van der Waals surface area contributed by atoms with E-state index in [1.54, 1.807) is 0 Å². The van der Waals surface area contributed by atoms with E-state index < -0.39 is 73.8 Å². The van der Waals surface area contributed by atoms with Gasteiger partial charge in [-0.2, -0.15) is 52.7 Å². The highest BCUT2D eigenvalue weighted by Crippen LogP contribution is 2.50. The molecule has 0 radical (unpaired) electrons. The summed E-state index contributed by atoms with van der Waals surface area (Å²) in [6.07, 6.45) is -39.8. The van der Waals surface area contributed by atoms with Crippen molar-refractivity contribution in [2.75, 3.05) is 0 Å². The van der Waals surface area contributed by atoms with Crippen LogP contribution in [0.15, 0.2) is 0 Å². The van der Waals surface area contributed by atoms with Gasteiger partial charge < -0.3 is 4.74 Å². The van der Waals surface area contributed by atoms with Crippen molar-refractivity contribution in [1.29, 1.82) is 0 Å². The van der Waals surface area contributed by atoms with E-state index in [0.717, 1.165) is 0 Å². The van der Waals surface area contributed by atoms with Gasteiger partial charge in [-0.25, -0.2) is 17.6 Å². The second-order valence-electron chi connectivity index (χ2n) is 5.97. The third kappa shape index (κ3) is 4.83. The van der Waals surface area contributed by atoms with Crippen LogP contribution >= 0.6 is 0 Å². The minimum atomic E-state index is -7.17. The number of rotatable bonds is 7. The van der Waals surface area contributed by atoms with Crippen LogP contribution in [0.2, 0.25) is 0 Å². The van der Waals surface area contributed by atoms with Crippen LogP contribution in [0.4, 0.5) is 70.2 Å². The lowest BCUT2D eigenvalue weighted by Crippen LogP contribution is -2.57. The molecule has 4 atom stereocenters. The van der Waals surface area contributed by atoms with Gasteiger partial charge in [0.15, 0.2) is 0 Å². The molecule has 30 heavy (non-hydrogen) atoms. The molecule has 1 aliphatic rings. The number of halogens is 16. The first-order valence-corrected chi connectivity index (χ1v) is 7.25. The summed E-state index contributed by atoms with van der Waals surface area (Å²) in [5, 5.41) is 0. The van der Waals surface area contributed by atoms with Gasteiger partial charge in [-0.15, -0.1) is 0 Å². The molecule has 1 aliphatic heterocycles. The van der Waals surface area contributed by atoms with Crippen molar-refractivity contribution < 1.29 is 79.7 Å². The summed E-state index contributed by atoms with van der Waals surface area (Å²) in [7, 11) is 0. The van der Waals surface area contributed by atoms with Crippen LogP contribution in [0.25, 0.3) is 0 Å². The smallest absolute Gasteiger partial charge is 0.362 e. The summed E-state index contributed by atoms with van der Waals surface area (Å²) in [5.74, 6) is -18.3. The lowest BCUT2D eigenvalue weighted by Gasteiger charge is -2.33. The number of hydrogen-bond donors (Lipinski definition) is 0. The van der Waals surface area contributed by atoms with Gasteiger partial charge in [0, 0.05) is 0 Å². The maximum atomic E-state index is 13.7. The number of alkyl halides is 16. The maximum Gasteiger partial charge on any atom is 0.462 e. The Kier molecular flexibility index (Phi) is 6.92. The van der Waals surface area contributed by atoms with E-state index in [4.69, 9.17) is 0 Å². The maximum absolute atomic E-state index is 13.7. The normalized spacial score (nSPS) is 24.8. The molecule has 0 amide bonds. The highest BCUT2D eigenvalue weighted by atomic mass is 19.4. The first-order chi connectivity index (χ1) is 13.0. The molecule has 1 heterocycles. The summed E-state index contributed by atoms with van der Waals surface area (Å²) in [6.45, 7) is 0. The first kappa shape index (κ1) is 26.8. The van der Waals surface area contributed by atoms with Crippen molar-refractivity contribution in [2.24, 2.45) is 0 Å². The third-order valence-corrected chi connectivity index (χ3v) is 3.78. The van der Waals surface area contributed by atoms with Gasteiger partial charge in [-0.05, 0) is 12.8 Å². The second kappa shape index (κ2) is 7.74. The van der Waals surface area contributed by atoms with E-state index in [9.17, 15) is 70.2 Å². The van der Waals surface area contributed by atoms with E-state index in [2.05, 4.69) is 9.47 Å². The fourth-order valence-electron chi connectivity index (χ4n) is 2.18. The fraction of sp³-hybridized carbons (Fsp3) is 1.00. The predicted octanol–water partition coefficient (Wildman–Crippen LogP) is 5.81.